The highest BCUT2D eigenvalue weighted by Gasteiger charge is 2.19. The van der Waals surface area contributed by atoms with E-state index in [1.165, 1.54) is 12.1 Å². The Balaban J connectivity index is 2.39. The molecule has 0 amide bonds. The van der Waals surface area contributed by atoms with E-state index in [1.807, 2.05) is 19.1 Å². The molecule has 0 aliphatic rings. The van der Waals surface area contributed by atoms with Crippen molar-refractivity contribution in [3.8, 4) is 0 Å². The minimum Gasteiger partial charge on any atom is -0.453 e. The van der Waals surface area contributed by atoms with Crippen LogP contribution in [-0.4, -0.2) is 6.54 Å². The van der Waals surface area contributed by atoms with Crippen molar-refractivity contribution in [3.05, 3.63) is 58.3 Å². The minimum atomic E-state index is -0.238. The van der Waals surface area contributed by atoms with Crippen LogP contribution in [0.3, 0.4) is 0 Å². The highest BCUT2D eigenvalue weighted by Crippen LogP contribution is 2.30. The zero-order valence-electron chi connectivity index (χ0n) is 11.0. The average molecular weight is 282 g/mol. The first kappa shape index (κ1) is 14.1. The molecule has 102 valence electrons. The van der Waals surface area contributed by atoms with Crippen molar-refractivity contribution < 1.29 is 8.81 Å². The fourth-order valence-corrected chi connectivity index (χ4v) is 2.36. The van der Waals surface area contributed by atoms with Crippen molar-refractivity contribution in [2.24, 2.45) is 0 Å². The molecule has 0 radical (unpaired) electrons. The quantitative estimate of drug-likeness (QED) is 0.875. The van der Waals surface area contributed by atoms with Gasteiger partial charge >= 0.3 is 0 Å². The van der Waals surface area contributed by atoms with Gasteiger partial charge in [0.1, 0.15) is 5.82 Å². The summed E-state index contributed by atoms with van der Waals surface area (Å²) in [5.74, 6) is -0.238. The van der Waals surface area contributed by atoms with Crippen LogP contribution < -0.4 is 5.32 Å². The first-order valence-electron chi connectivity index (χ1n) is 6.35. The number of hydrogen-bond donors (Lipinski definition) is 1. The number of nitrogens with one attached hydrogen (secondary N) is 1. The van der Waals surface area contributed by atoms with Crippen molar-refractivity contribution >= 4 is 11.6 Å². The number of hydrogen-bond acceptors (Lipinski definition) is 2. The fourth-order valence-electron chi connectivity index (χ4n) is 2.14. The van der Waals surface area contributed by atoms with Crippen molar-refractivity contribution in [3.63, 3.8) is 0 Å². The van der Waals surface area contributed by atoms with Gasteiger partial charge in [0.15, 0.2) is 5.22 Å². The first-order chi connectivity index (χ1) is 9.11. The predicted octanol–water partition coefficient (Wildman–Crippen LogP) is 4.47. The molecule has 0 spiro atoms. The molecule has 1 aromatic carbocycles. The summed E-state index contributed by atoms with van der Waals surface area (Å²) in [7, 11) is 0. The normalized spacial score (nSPS) is 12.6. The molecule has 2 rings (SSSR count). The summed E-state index contributed by atoms with van der Waals surface area (Å²) in [6, 6.07) is 6.66. The standard InChI is InChI=1S/C15H17ClFNO/c1-3-5-18-14(13-4-6-19-15(13)16)11-7-10(2)8-12(17)9-11/h4,6-9,14,18H,3,5H2,1-2H3. The molecule has 1 atom stereocenters. The Kier molecular flexibility index (Phi) is 4.61. The third-order valence-corrected chi connectivity index (χ3v) is 3.26. The maximum Gasteiger partial charge on any atom is 0.198 e. The van der Waals surface area contributed by atoms with E-state index in [0.29, 0.717) is 5.22 Å². The lowest BCUT2D eigenvalue weighted by atomic mass is 9.99. The summed E-state index contributed by atoms with van der Waals surface area (Å²) < 4.78 is 18.7. The van der Waals surface area contributed by atoms with Gasteiger partial charge in [-0.2, -0.15) is 0 Å². The molecule has 1 heterocycles. The lowest BCUT2D eigenvalue weighted by Crippen LogP contribution is -2.23. The highest BCUT2D eigenvalue weighted by molar-refractivity contribution is 6.29. The van der Waals surface area contributed by atoms with Crippen LogP contribution in [0.25, 0.3) is 0 Å². The van der Waals surface area contributed by atoms with Gasteiger partial charge in [0.05, 0.1) is 12.3 Å². The molecule has 1 N–H and O–H groups in total. The number of aryl methyl sites for hydroxylation is 1. The molecule has 19 heavy (non-hydrogen) atoms. The molecule has 0 fully saturated rings. The van der Waals surface area contributed by atoms with E-state index in [2.05, 4.69) is 12.2 Å². The third kappa shape index (κ3) is 3.37. The monoisotopic (exact) mass is 281 g/mol. The Labute approximate surface area is 117 Å². The van der Waals surface area contributed by atoms with E-state index in [4.69, 9.17) is 16.0 Å². The third-order valence-electron chi connectivity index (χ3n) is 2.95. The summed E-state index contributed by atoms with van der Waals surface area (Å²) in [5.41, 5.74) is 2.58. The zero-order chi connectivity index (χ0) is 13.8. The van der Waals surface area contributed by atoms with Crippen LogP contribution in [0.1, 0.15) is 36.1 Å². The Morgan fingerprint density at radius 3 is 2.74 bits per heavy atom. The molecular weight excluding hydrogens is 265 g/mol. The lowest BCUT2D eigenvalue weighted by molar-refractivity contribution is 0.548. The Morgan fingerprint density at radius 1 is 1.37 bits per heavy atom. The SMILES string of the molecule is CCCNC(c1cc(C)cc(F)c1)c1ccoc1Cl. The first-order valence-corrected chi connectivity index (χ1v) is 6.73. The van der Waals surface area contributed by atoms with Crippen molar-refractivity contribution in [1.29, 1.82) is 0 Å². The molecular formula is C15H17ClFNO. The van der Waals surface area contributed by atoms with Gasteiger partial charge in [0.25, 0.3) is 0 Å². The summed E-state index contributed by atoms with van der Waals surface area (Å²) in [6.07, 6.45) is 2.53. The van der Waals surface area contributed by atoms with E-state index < -0.39 is 0 Å². The van der Waals surface area contributed by atoms with Crippen LogP contribution >= 0.6 is 11.6 Å². The molecule has 0 saturated carbocycles. The van der Waals surface area contributed by atoms with Crippen LogP contribution in [0.4, 0.5) is 4.39 Å². The molecule has 2 nitrogen and oxygen atoms in total. The van der Waals surface area contributed by atoms with E-state index >= 15 is 0 Å². The Hall–Kier alpha value is -1.32. The van der Waals surface area contributed by atoms with E-state index in [9.17, 15) is 4.39 Å². The van der Waals surface area contributed by atoms with Gasteiger partial charge in [-0.3, -0.25) is 0 Å². The molecule has 0 saturated heterocycles. The van der Waals surface area contributed by atoms with E-state index in [1.54, 1.807) is 6.26 Å². The van der Waals surface area contributed by atoms with Crippen LogP contribution in [0, 0.1) is 12.7 Å². The Morgan fingerprint density at radius 2 is 2.16 bits per heavy atom. The van der Waals surface area contributed by atoms with Crippen LogP contribution in [0.2, 0.25) is 5.22 Å². The number of rotatable bonds is 5. The number of furan rings is 1. The lowest BCUT2D eigenvalue weighted by Gasteiger charge is -2.18. The topological polar surface area (TPSA) is 25.2 Å². The molecule has 1 aromatic heterocycles. The fraction of sp³-hybridized carbons (Fsp3) is 0.333. The van der Waals surface area contributed by atoms with Gasteiger partial charge in [-0.05, 0) is 60.8 Å². The minimum absolute atomic E-state index is 0.152. The van der Waals surface area contributed by atoms with E-state index in [-0.39, 0.29) is 11.9 Å². The van der Waals surface area contributed by atoms with Crippen LogP contribution in [0.15, 0.2) is 34.9 Å². The van der Waals surface area contributed by atoms with Crippen LogP contribution in [-0.2, 0) is 0 Å². The summed E-state index contributed by atoms with van der Waals surface area (Å²) >= 11 is 6.04. The van der Waals surface area contributed by atoms with Crippen molar-refractivity contribution in [2.75, 3.05) is 6.54 Å². The van der Waals surface area contributed by atoms with Gasteiger partial charge in [-0.25, -0.2) is 4.39 Å². The number of benzene rings is 1. The van der Waals surface area contributed by atoms with Crippen LogP contribution in [0.5, 0.6) is 0 Å². The molecule has 2 aromatic rings. The maximum absolute atomic E-state index is 13.6. The largest absolute Gasteiger partial charge is 0.453 e. The van der Waals surface area contributed by atoms with Crippen molar-refractivity contribution in [1.82, 2.24) is 5.32 Å². The average Bonchev–Trinajstić information content (AvgIpc) is 2.75. The summed E-state index contributed by atoms with van der Waals surface area (Å²) in [4.78, 5) is 0. The molecule has 0 aliphatic heterocycles. The van der Waals surface area contributed by atoms with Crippen molar-refractivity contribution in [2.45, 2.75) is 26.3 Å². The van der Waals surface area contributed by atoms with E-state index in [0.717, 1.165) is 29.7 Å². The number of halogens is 2. The summed E-state index contributed by atoms with van der Waals surface area (Å²) in [6.45, 7) is 4.78. The molecule has 1 unspecified atom stereocenters. The maximum atomic E-state index is 13.6. The van der Waals surface area contributed by atoms with Gasteiger partial charge < -0.3 is 9.73 Å². The second-order valence-electron chi connectivity index (χ2n) is 4.60. The molecule has 0 bridgehead atoms. The summed E-state index contributed by atoms with van der Waals surface area (Å²) in [5, 5.41) is 3.72. The second kappa shape index (κ2) is 6.22. The second-order valence-corrected chi connectivity index (χ2v) is 4.94. The smallest absolute Gasteiger partial charge is 0.198 e. The van der Waals surface area contributed by atoms with Gasteiger partial charge in [-0.15, -0.1) is 0 Å². The predicted molar refractivity (Wildman–Crippen MR) is 75.0 cm³/mol. The Bertz CT molecular complexity index is 533. The van der Waals surface area contributed by atoms with Gasteiger partial charge in [-0.1, -0.05) is 13.0 Å². The molecule has 0 aliphatic carbocycles. The highest BCUT2D eigenvalue weighted by atomic mass is 35.5. The van der Waals surface area contributed by atoms with Gasteiger partial charge in [0, 0.05) is 5.56 Å². The molecule has 4 heteroatoms. The van der Waals surface area contributed by atoms with Gasteiger partial charge in [0.2, 0.25) is 0 Å². The zero-order valence-corrected chi connectivity index (χ0v) is 11.8.